The lowest BCUT2D eigenvalue weighted by molar-refractivity contribution is 0.0928. The maximum absolute atomic E-state index is 13.1. The minimum atomic E-state index is -0.185. The average molecular weight is 375 g/mol. The highest BCUT2D eigenvalue weighted by atomic mass is 32.1. The van der Waals surface area contributed by atoms with E-state index in [-0.39, 0.29) is 17.9 Å². The van der Waals surface area contributed by atoms with Crippen molar-refractivity contribution in [3.63, 3.8) is 0 Å². The Morgan fingerprint density at radius 2 is 1.78 bits per heavy atom. The second-order valence-corrected chi connectivity index (χ2v) is 7.78. The average Bonchev–Trinajstić information content (AvgIpc) is 3.33. The first-order valence-corrected chi connectivity index (χ1v) is 9.90. The van der Waals surface area contributed by atoms with Gasteiger partial charge in [0.15, 0.2) is 0 Å². The lowest BCUT2D eigenvalue weighted by Gasteiger charge is -2.20. The molecule has 0 saturated carbocycles. The van der Waals surface area contributed by atoms with Crippen LogP contribution in [0.5, 0.6) is 0 Å². The van der Waals surface area contributed by atoms with Gasteiger partial charge in [-0.15, -0.1) is 11.3 Å². The van der Waals surface area contributed by atoms with E-state index in [0.29, 0.717) is 0 Å². The number of H-pyrrole nitrogens is 1. The molecule has 27 heavy (non-hydrogen) atoms. The molecule has 5 heteroatoms. The van der Waals surface area contributed by atoms with Crippen LogP contribution in [-0.2, 0) is 0 Å². The number of para-hydroxylation sites is 2. The molecule has 1 atom stereocenters. The van der Waals surface area contributed by atoms with Crippen molar-refractivity contribution in [2.24, 2.45) is 5.92 Å². The van der Waals surface area contributed by atoms with Crippen LogP contribution in [0, 0.1) is 5.92 Å². The summed E-state index contributed by atoms with van der Waals surface area (Å²) in [6.07, 6.45) is 0. The zero-order valence-corrected chi connectivity index (χ0v) is 16.1. The number of nitrogens with one attached hydrogen (secondary N) is 2. The Morgan fingerprint density at radius 1 is 1.04 bits per heavy atom. The van der Waals surface area contributed by atoms with E-state index in [0.717, 1.165) is 32.9 Å². The summed E-state index contributed by atoms with van der Waals surface area (Å²) in [5.41, 5.74) is 3.90. The Balaban J connectivity index is 1.63. The van der Waals surface area contributed by atoms with Crippen LogP contribution in [0.2, 0.25) is 0 Å². The van der Waals surface area contributed by atoms with Gasteiger partial charge in [0.25, 0.3) is 5.91 Å². The number of hydrogen-bond acceptors (Lipinski definition) is 3. The molecule has 0 saturated heterocycles. The smallest absolute Gasteiger partial charge is 0.262 e. The summed E-state index contributed by atoms with van der Waals surface area (Å²) >= 11 is 1.46. The van der Waals surface area contributed by atoms with Crippen LogP contribution < -0.4 is 5.32 Å². The molecule has 2 aromatic heterocycles. The monoisotopic (exact) mass is 375 g/mol. The number of rotatable bonds is 5. The van der Waals surface area contributed by atoms with Crippen LogP contribution in [0.4, 0.5) is 0 Å². The van der Waals surface area contributed by atoms with Crippen molar-refractivity contribution in [3.8, 4) is 11.1 Å². The van der Waals surface area contributed by atoms with Gasteiger partial charge >= 0.3 is 0 Å². The molecule has 4 aromatic rings. The van der Waals surface area contributed by atoms with Gasteiger partial charge in [-0.25, -0.2) is 4.98 Å². The number of hydrogen-bond donors (Lipinski definition) is 2. The fourth-order valence-electron chi connectivity index (χ4n) is 3.21. The molecule has 0 aliphatic rings. The number of amides is 1. The Hall–Kier alpha value is -2.92. The van der Waals surface area contributed by atoms with E-state index in [2.05, 4.69) is 29.1 Å². The summed E-state index contributed by atoms with van der Waals surface area (Å²) in [7, 11) is 0. The van der Waals surface area contributed by atoms with Crippen molar-refractivity contribution in [2.75, 3.05) is 0 Å². The summed E-state index contributed by atoms with van der Waals surface area (Å²) in [4.78, 5) is 21.8. The number of nitrogens with zero attached hydrogens (tertiary/aromatic N) is 1. The number of fused-ring (bicyclic) bond motifs is 1. The zero-order valence-electron chi connectivity index (χ0n) is 15.3. The first-order chi connectivity index (χ1) is 13.1. The van der Waals surface area contributed by atoms with Crippen molar-refractivity contribution < 1.29 is 4.79 Å². The molecular formula is C22H21N3OS. The molecule has 2 N–H and O–H groups in total. The zero-order chi connectivity index (χ0) is 18.8. The summed E-state index contributed by atoms with van der Waals surface area (Å²) in [5.74, 6) is 0.926. The van der Waals surface area contributed by atoms with Gasteiger partial charge in [0, 0.05) is 5.56 Å². The van der Waals surface area contributed by atoms with E-state index in [9.17, 15) is 4.79 Å². The first-order valence-electron chi connectivity index (χ1n) is 9.02. The Bertz CT molecular complexity index is 1030. The van der Waals surface area contributed by atoms with Gasteiger partial charge in [0.2, 0.25) is 0 Å². The predicted octanol–water partition coefficient (Wildman–Crippen LogP) is 5.42. The van der Waals surface area contributed by atoms with Crippen LogP contribution in [0.1, 0.15) is 35.4 Å². The van der Waals surface area contributed by atoms with Gasteiger partial charge in [-0.1, -0.05) is 56.3 Å². The van der Waals surface area contributed by atoms with Crippen molar-refractivity contribution >= 4 is 28.3 Å². The highest BCUT2D eigenvalue weighted by Crippen LogP contribution is 2.29. The lowest BCUT2D eigenvalue weighted by atomic mass is 10.0. The number of thiophene rings is 1. The van der Waals surface area contributed by atoms with Crippen LogP contribution >= 0.6 is 11.3 Å². The highest BCUT2D eigenvalue weighted by Gasteiger charge is 2.24. The maximum atomic E-state index is 13.1. The number of carbonyl (C=O) groups is 1. The van der Waals surface area contributed by atoms with Gasteiger partial charge in [0.1, 0.15) is 5.82 Å². The Kier molecular flexibility index (Phi) is 4.77. The molecule has 0 radical (unpaired) electrons. The minimum absolute atomic E-state index is 0.0667. The third-order valence-corrected chi connectivity index (χ3v) is 5.52. The van der Waals surface area contributed by atoms with Gasteiger partial charge in [-0.3, -0.25) is 4.79 Å². The maximum Gasteiger partial charge on any atom is 0.262 e. The van der Waals surface area contributed by atoms with Crippen molar-refractivity contribution in [3.05, 3.63) is 76.7 Å². The number of carbonyl (C=O) groups excluding carboxylic acids is 1. The second kappa shape index (κ2) is 7.37. The normalized spacial score (nSPS) is 12.4. The quantitative estimate of drug-likeness (QED) is 0.489. The van der Waals surface area contributed by atoms with Crippen molar-refractivity contribution in [2.45, 2.75) is 19.9 Å². The van der Waals surface area contributed by atoms with E-state index >= 15 is 0 Å². The predicted molar refractivity (Wildman–Crippen MR) is 111 cm³/mol. The molecule has 0 unspecified atom stereocenters. The summed E-state index contributed by atoms with van der Waals surface area (Å²) in [6.45, 7) is 4.18. The molecule has 0 fully saturated rings. The highest BCUT2D eigenvalue weighted by molar-refractivity contribution is 7.12. The van der Waals surface area contributed by atoms with Crippen LogP contribution in [0.15, 0.2) is 66.0 Å². The van der Waals surface area contributed by atoms with Gasteiger partial charge in [-0.2, -0.15) is 0 Å². The third-order valence-electron chi connectivity index (χ3n) is 4.61. The van der Waals surface area contributed by atoms with Gasteiger partial charge < -0.3 is 10.3 Å². The number of aromatic nitrogens is 2. The Labute approximate surface area is 162 Å². The van der Waals surface area contributed by atoms with Gasteiger partial charge in [0.05, 0.1) is 22.0 Å². The lowest BCUT2D eigenvalue weighted by Crippen LogP contribution is -2.32. The topological polar surface area (TPSA) is 57.8 Å². The first kappa shape index (κ1) is 17.5. The number of benzene rings is 2. The summed E-state index contributed by atoms with van der Waals surface area (Å²) < 4.78 is 0. The van der Waals surface area contributed by atoms with E-state index in [1.165, 1.54) is 11.3 Å². The molecule has 4 rings (SSSR count). The summed E-state index contributed by atoms with van der Waals surface area (Å²) in [5, 5.41) is 5.15. The molecule has 0 bridgehead atoms. The van der Waals surface area contributed by atoms with Crippen LogP contribution in [0.25, 0.3) is 22.2 Å². The van der Waals surface area contributed by atoms with E-state index in [1.807, 2.05) is 66.0 Å². The second-order valence-electron chi connectivity index (χ2n) is 6.86. The number of aromatic amines is 1. The van der Waals surface area contributed by atoms with E-state index in [4.69, 9.17) is 0 Å². The van der Waals surface area contributed by atoms with Crippen LogP contribution in [0.3, 0.4) is 0 Å². The molecule has 1 amide bonds. The molecular weight excluding hydrogens is 354 g/mol. The molecule has 2 heterocycles. The van der Waals surface area contributed by atoms with Gasteiger partial charge in [-0.05, 0) is 35.1 Å². The third kappa shape index (κ3) is 3.51. The fourth-order valence-corrected chi connectivity index (χ4v) is 4.03. The molecule has 0 aliphatic carbocycles. The fraction of sp³-hybridized carbons (Fsp3) is 0.182. The Morgan fingerprint density at radius 3 is 2.52 bits per heavy atom. The van der Waals surface area contributed by atoms with Crippen molar-refractivity contribution in [1.82, 2.24) is 15.3 Å². The SMILES string of the molecule is CC(C)[C@@H](NC(=O)c1sccc1-c1ccccc1)c1nc2ccccc2[nH]1. The molecule has 2 aromatic carbocycles. The largest absolute Gasteiger partial charge is 0.341 e. The number of imidazole rings is 1. The van der Waals surface area contributed by atoms with E-state index < -0.39 is 0 Å². The summed E-state index contributed by atoms with van der Waals surface area (Å²) in [6, 6.07) is 19.7. The van der Waals surface area contributed by atoms with E-state index in [1.54, 1.807) is 0 Å². The standard InChI is InChI=1S/C22H21N3OS/c1-14(2)19(21-23-17-10-6-7-11-18(17)24-21)25-22(26)20-16(12-13-27-20)15-8-4-3-5-9-15/h3-14,19H,1-2H3,(H,23,24)(H,25,26)/t19-/m1/s1. The minimum Gasteiger partial charge on any atom is -0.341 e. The molecule has 4 nitrogen and oxygen atoms in total. The van der Waals surface area contributed by atoms with Crippen molar-refractivity contribution in [1.29, 1.82) is 0 Å². The molecule has 0 spiro atoms. The molecule has 0 aliphatic heterocycles. The molecule has 136 valence electrons. The van der Waals surface area contributed by atoms with Crippen LogP contribution in [-0.4, -0.2) is 15.9 Å².